The van der Waals surface area contributed by atoms with E-state index in [-0.39, 0.29) is 11.9 Å². The van der Waals surface area contributed by atoms with Gasteiger partial charge in [0, 0.05) is 13.0 Å². The van der Waals surface area contributed by atoms with Crippen LogP contribution in [0.5, 0.6) is 0 Å². The number of aromatic nitrogens is 2. The highest BCUT2D eigenvalue weighted by atomic mass is 35.5. The van der Waals surface area contributed by atoms with Crippen LogP contribution in [-0.4, -0.2) is 22.0 Å². The predicted molar refractivity (Wildman–Crippen MR) is 73.8 cm³/mol. The SMILES string of the molecule is O=C1CC(n2c(=S)[nH]c3cc(Cl)c(Cl)cc32)CN1. The first-order valence-electron chi connectivity index (χ1n) is 5.42. The van der Waals surface area contributed by atoms with Gasteiger partial charge in [0.05, 0.1) is 27.1 Å². The normalized spacial score (nSPS) is 19.4. The number of hydrogen-bond donors (Lipinski definition) is 2. The zero-order valence-electron chi connectivity index (χ0n) is 9.17. The van der Waals surface area contributed by atoms with Gasteiger partial charge in [-0.2, -0.15) is 0 Å². The number of carbonyl (C=O) groups excluding carboxylic acids is 1. The van der Waals surface area contributed by atoms with Crippen molar-refractivity contribution < 1.29 is 4.79 Å². The molecule has 1 fully saturated rings. The fourth-order valence-electron chi connectivity index (χ4n) is 2.26. The molecular formula is C11H9Cl2N3OS. The Kier molecular flexibility index (Phi) is 2.84. The van der Waals surface area contributed by atoms with Crippen molar-refractivity contribution in [1.29, 1.82) is 0 Å². The molecular weight excluding hydrogens is 293 g/mol. The molecule has 0 spiro atoms. The highest BCUT2D eigenvalue weighted by Crippen LogP contribution is 2.30. The first kappa shape index (κ1) is 12.0. The van der Waals surface area contributed by atoms with E-state index in [1.54, 1.807) is 12.1 Å². The number of rotatable bonds is 1. The number of halogens is 2. The molecule has 3 rings (SSSR count). The summed E-state index contributed by atoms with van der Waals surface area (Å²) in [6, 6.07) is 3.54. The average molecular weight is 302 g/mol. The average Bonchev–Trinajstić information content (AvgIpc) is 2.83. The molecule has 0 saturated carbocycles. The molecule has 1 aliphatic rings. The summed E-state index contributed by atoms with van der Waals surface area (Å²) in [5, 5.41) is 3.75. The quantitative estimate of drug-likeness (QED) is 0.795. The Labute approximate surface area is 118 Å². The molecule has 1 unspecified atom stereocenters. The van der Waals surface area contributed by atoms with Crippen LogP contribution in [0.4, 0.5) is 0 Å². The molecule has 1 aliphatic heterocycles. The van der Waals surface area contributed by atoms with Gasteiger partial charge in [0.2, 0.25) is 5.91 Å². The summed E-state index contributed by atoms with van der Waals surface area (Å²) in [4.78, 5) is 14.4. The summed E-state index contributed by atoms with van der Waals surface area (Å²) in [5.74, 6) is 0.0383. The minimum Gasteiger partial charge on any atom is -0.354 e. The van der Waals surface area contributed by atoms with Gasteiger partial charge in [-0.05, 0) is 24.4 Å². The number of benzene rings is 1. The first-order chi connectivity index (χ1) is 8.56. The van der Waals surface area contributed by atoms with Crippen molar-refractivity contribution in [2.24, 2.45) is 0 Å². The fourth-order valence-corrected chi connectivity index (χ4v) is 2.93. The third-order valence-electron chi connectivity index (χ3n) is 3.08. The largest absolute Gasteiger partial charge is 0.354 e. The number of hydrogen-bond acceptors (Lipinski definition) is 2. The minimum absolute atomic E-state index is 0.0241. The molecule has 2 heterocycles. The number of nitrogens with zero attached hydrogens (tertiary/aromatic N) is 1. The van der Waals surface area contributed by atoms with E-state index >= 15 is 0 Å². The summed E-state index contributed by atoms with van der Waals surface area (Å²) in [5.41, 5.74) is 1.70. The van der Waals surface area contributed by atoms with Crippen LogP contribution in [-0.2, 0) is 4.79 Å². The lowest BCUT2D eigenvalue weighted by Crippen LogP contribution is -2.15. The highest BCUT2D eigenvalue weighted by molar-refractivity contribution is 7.71. The van der Waals surface area contributed by atoms with Crippen molar-refractivity contribution in [3.8, 4) is 0 Å². The number of aromatic amines is 1. The predicted octanol–water partition coefficient (Wildman–Crippen LogP) is 3.07. The molecule has 1 aromatic heterocycles. The maximum absolute atomic E-state index is 11.3. The van der Waals surface area contributed by atoms with Gasteiger partial charge in [-0.15, -0.1) is 0 Å². The van der Waals surface area contributed by atoms with E-state index in [4.69, 9.17) is 35.4 Å². The molecule has 94 valence electrons. The van der Waals surface area contributed by atoms with Crippen molar-refractivity contribution >= 4 is 52.4 Å². The van der Waals surface area contributed by atoms with Gasteiger partial charge >= 0.3 is 0 Å². The van der Waals surface area contributed by atoms with Gasteiger partial charge in [-0.1, -0.05) is 23.2 Å². The van der Waals surface area contributed by atoms with Crippen LogP contribution < -0.4 is 5.32 Å². The van der Waals surface area contributed by atoms with Crippen molar-refractivity contribution in [1.82, 2.24) is 14.9 Å². The van der Waals surface area contributed by atoms with Gasteiger partial charge in [-0.3, -0.25) is 4.79 Å². The molecule has 0 radical (unpaired) electrons. The molecule has 18 heavy (non-hydrogen) atoms. The zero-order chi connectivity index (χ0) is 12.9. The molecule has 1 amide bonds. The van der Waals surface area contributed by atoms with E-state index in [0.717, 1.165) is 11.0 Å². The second kappa shape index (κ2) is 4.26. The van der Waals surface area contributed by atoms with E-state index < -0.39 is 0 Å². The van der Waals surface area contributed by atoms with Crippen LogP contribution in [0.15, 0.2) is 12.1 Å². The molecule has 2 aromatic rings. The lowest BCUT2D eigenvalue weighted by atomic mass is 10.2. The van der Waals surface area contributed by atoms with Crippen LogP contribution >= 0.6 is 35.4 Å². The zero-order valence-corrected chi connectivity index (χ0v) is 11.5. The third-order valence-corrected chi connectivity index (χ3v) is 4.10. The molecule has 1 aromatic carbocycles. The molecule has 1 atom stereocenters. The van der Waals surface area contributed by atoms with Crippen LogP contribution in [0.25, 0.3) is 11.0 Å². The number of fused-ring (bicyclic) bond motifs is 1. The summed E-state index contributed by atoms with van der Waals surface area (Å²) in [6.45, 7) is 0.584. The van der Waals surface area contributed by atoms with Crippen LogP contribution in [0.1, 0.15) is 12.5 Å². The summed E-state index contributed by atoms with van der Waals surface area (Å²) < 4.78 is 2.50. The summed E-state index contributed by atoms with van der Waals surface area (Å²) in [6.07, 6.45) is 0.432. The Morgan fingerprint density at radius 3 is 2.72 bits per heavy atom. The Morgan fingerprint density at radius 2 is 2.06 bits per heavy atom. The first-order valence-corrected chi connectivity index (χ1v) is 6.58. The second-order valence-corrected chi connectivity index (χ2v) is 5.45. The van der Waals surface area contributed by atoms with E-state index in [1.165, 1.54) is 0 Å². The highest BCUT2D eigenvalue weighted by Gasteiger charge is 2.25. The lowest BCUT2D eigenvalue weighted by Gasteiger charge is -2.11. The van der Waals surface area contributed by atoms with Crippen molar-refractivity contribution in [3.05, 3.63) is 26.9 Å². The van der Waals surface area contributed by atoms with Gasteiger partial charge in [0.1, 0.15) is 0 Å². The molecule has 1 saturated heterocycles. The summed E-state index contributed by atoms with van der Waals surface area (Å²) >= 11 is 17.3. The maximum Gasteiger partial charge on any atom is 0.222 e. The van der Waals surface area contributed by atoms with Gasteiger partial charge in [0.15, 0.2) is 4.77 Å². The van der Waals surface area contributed by atoms with Crippen molar-refractivity contribution in [2.45, 2.75) is 12.5 Å². The van der Waals surface area contributed by atoms with E-state index in [9.17, 15) is 4.79 Å². The Morgan fingerprint density at radius 1 is 1.33 bits per heavy atom. The minimum atomic E-state index is 0.0241. The topological polar surface area (TPSA) is 49.8 Å². The maximum atomic E-state index is 11.3. The number of carbonyl (C=O) groups is 1. The molecule has 7 heteroatoms. The van der Waals surface area contributed by atoms with E-state index in [1.807, 2.05) is 4.57 Å². The van der Waals surface area contributed by atoms with E-state index in [0.29, 0.717) is 27.8 Å². The van der Waals surface area contributed by atoms with Gasteiger partial charge < -0.3 is 14.9 Å². The van der Waals surface area contributed by atoms with Crippen LogP contribution in [0, 0.1) is 4.77 Å². The fraction of sp³-hybridized carbons (Fsp3) is 0.273. The van der Waals surface area contributed by atoms with Gasteiger partial charge in [0.25, 0.3) is 0 Å². The molecule has 4 nitrogen and oxygen atoms in total. The standard InChI is InChI=1S/C11H9Cl2N3OS/c12-6-2-8-9(3-7(6)13)16(11(18)15-8)5-1-10(17)14-4-5/h2-3,5H,1,4H2,(H,14,17)(H,15,18). The summed E-state index contributed by atoms with van der Waals surface area (Å²) in [7, 11) is 0. The number of H-pyrrole nitrogens is 1. The molecule has 0 bridgehead atoms. The number of amides is 1. The smallest absolute Gasteiger partial charge is 0.222 e. The molecule has 0 aliphatic carbocycles. The van der Waals surface area contributed by atoms with Crippen LogP contribution in [0.2, 0.25) is 10.0 Å². The molecule has 2 N–H and O–H groups in total. The van der Waals surface area contributed by atoms with Crippen LogP contribution in [0.3, 0.4) is 0 Å². The Hall–Kier alpha value is -1.04. The van der Waals surface area contributed by atoms with Crippen molar-refractivity contribution in [2.75, 3.05) is 6.54 Å². The Bertz CT molecular complexity index is 706. The number of imidazole rings is 1. The van der Waals surface area contributed by atoms with E-state index in [2.05, 4.69) is 10.3 Å². The second-order valence-electron chi connectivity index (χ2n) is 4.25. The lowest BCUT2D eigenvalue weighted by molar-refractivity contribution is -0.119. The Balaban J connectivity index is 2.22. The third kappa shape index (κ3) is 1.83. The van der Waals surface area contributed by atoms with Crippen molar-refractivity contribution in [3.63, 3.8) is 0 Å². The number of nitrogens with one attached hydrogen (secondary N) is 2. The monoisotopic (exact) mass is 301 g/mol. The van der Waals surface area contributed by atoms with Gasteiger partial charge in [-0.25, -0.2) is 0 Å².